The Bertz CT molecular complexity index is 1720. The van der Waals surface area contributed by atoms with Gasteiger partial charge in [-0.25, -0.2) is 9.79 Å². The summed E-state index contributed by atoms with van der Waals surface area (Å²) in [6.45, 7) is 9.91. The second kappa shape index (κ2) is 14.4. The fourth-order valence-electron chi connectivity index (χ4n) is 6.05. The van der Waals surface area contributed by atoms with Crippen LogP contribution in [0, 0.1) is 29.1 Å². The van der Waals surface area contributed by atoms with E-state index in [9.17, 15) is 4.79 Å². The lowest BCUT2D eigenvalue weighted by atomic mass is 9.85. The van der Waals surface area contributed by atoms with Crippen LogP contribution in [0.4, 0.5) is 10.5 Å². The summed E-state index contributed by atoms with van der Waals surface area (Å²) < 4.78 is 8.16. The van der Waals surface area contributed by atoms with Gasteiger partial charge in [0, 0.05) is 29.7 Å². The van der Waals surface area contributed by atoms with Gasteiger partial charge in [0.15, 0.2) is 0 Å². The van der Waals surface area contributed by atoms with E-state index in [4.69, 9.17) is 21.3 Å². The fourth-order valence-corrected chi connectivity index (χ4v) is 6.05. The van der Waals surface area contributed by atoms with Crippen LogP contribution in [0.15, 0.2) is 83.6 Å². The molecular formula is C37H48N8O2. The first-order chi connectivity index (χ1) is 22.4. The van der Waals surface area contributed by atoms with Crippen molar-refractivity contribution in [3.63, 3.8) is 0 Å². The third-order valence-corrected chi connectivity index (χ3v) is 8.89. The maximum atomic E-state index is 13.4. The number of aromatic nitrogens is 1. The molecule has 3 atom stereocenters. The molecule has 2 aliphatic rings. The Morgan fingerprint density at radius 3 is 2.47 bits per heavy atom. The van der Waals surface area contributed by atoms with Crippen molar-refractivity contribution in [1.29, 1.82) is 10.8 Å². The average molecular weight is 637 g/mol. The zero-order valence-electron chi connectivity index (χ0n) is 28.1. The number of carbonyl (C=O) groups is 1. The zero-order chi connectivity index (χ0) is 33.7. The number of benzene rings is 2. The van der Waals surface area contributed by atoms with Crippen molar-refractivity contribution in [2.75, 3.05) is 20.1 Å². The van der Waals surface area contributed by atoms with Crippen molar-refractivity contribution < 1.29 is 9.53 Å². The number of nitrogens with one attached hydrogen (secondary N) is 4. The molecule has 1 aromatic heterocycles. The number of aryl methyl sites for hydroxylation is 1. The number of rotatable bonds is 6. The SMILES string of the molecule is Cc1ccc(N=C(/C=C(\N)C(C)(C)C)NC(=O)N[C@H]2CC[C@@H](Oc3ccc(=N)n(C(=N)[C@H]4CCCN(C)C4)c3)c3ccccc32)cc1. The van der Waals surface area contributed by atoms with Gasteiger partial charge in [0.25, 0.3) is 0 Å². The molecule has 47 heavy (non-hydrogen) atoms. The Morgan fingerprint density at radius 1 is 1.04 bits per heavy atom. The van der Waals surface area contributed by atoms with Crippen molar-refractivity contribution in [1.82, 2.24) is 20.1 Å². The lowest BCUT2D eigenvalue weighted by Gasteiger charge is -2.33. The van der Waals surface area contributed by atoms with Crippen LogP contribution in [-0.2, 0) is 0 Å². The van der Waals surface area contributed by atoms with Crippen LogP contribution in [0.2, 0.25) is 0 Å². The second-order valence-corrected chi connectivity index (χ2v) is 13.8. The highest BCUT2D eigenvalue weighted by atomic mass is 16.5. The highest BCUT2D eigenvalue weighted by molar-refractivity contribution is 6.05. The number of pyridine rings is 1. The molecule has 0 saturated carbocycles. The summed E-state index contributed by atoms with van der Waals surface area (Å²) in [6, 6.07) is 18.7. The minimum Gasteiger partial charge on any atom is -0.484 e. The quantitative estimate of drug-likeness (QED) is 0.159. The van der Waals surface area contributed by atoms with Crippen molar-refractivity contribution in [2.45, 2.75) is 65.5 Å². The maximum absolute atomic E-state index is 13.4. The van der Waals surface area contributed by atoms with E-state index in [-0.39, 0.29) is 35.0 Å². The Labute approximate surface area is 277 Å². The average Bonchev–Trinajstić information content (AvgIpc) is 3.03. The van der Waals surface area contributed by atoms with Crippen molar-refractivity contribution in [3.05, 3.63) is 101 Å². The predicted molar refractivity (Wildman–Crippen MR) is 187 cm³/mol. The van der Waals surface area contributed by atoms with Crippen LogP contribution >= 0.6 is 0 Å². The molecule has 0 unspecified atom stereocenters. The topological polar surface area (TPSA) is 145 Å². The summed E-state index contributed by atoms with van der Waals surface area (Å²) in [5.74, 6) is 1.48. The van der Waals surface area contributed by atoms with E-state index in [0.29, 0.717) is 41.6 Å². The monoisotopic (exact) mass is 636 g/mol. The van der Waals surface area contributed by atoms with E-state index < -0.39 is 0 Å². The van der Waals surface area contributed by atoms with Crippen LogP contribution in [0.1, 0.15) is 75.3 Å². The van der Waals surface area contributed by atoms with Crippen LogP contribution < -0.4 is 26.6 Å². The minimum absolute atomic E-state index is 0.0781. The van der Waals surface area contributed by atoms with Crippen molar-refractivity contribution >= 4 is 23.4 Å². The number of amides is 2. The molecule has 10 heteroatoms. The van der Waals surface area contributed by atoms with Gasteiger partial charge in [-0.3, -0.25) is 20.7 Å². The first-order valence-corrected chi connectivity index (χ1v) is 16.4. The Kier molecular flexibility index (Phi) is 10.3. The third-order valence-electron chi connectivity index (χ3n) is 8.89. The number of ether oxygens (including phenoxy) is 1. The minimum atomic E-state index is -0.369. The van der Waals surface area contributed by atoms with E-state index >= 15 is 0 Å². The number of nitrogens with two attached hydrogens (primary N) is 1. The van der Waals surface area contributed by atoms with Gasteiger partial charge in [-0.05, 0) is 81.6 Å². The predicted octanol–water partition coefficient (Wildman–Crippen LogP) is 6.32. The number of fused-ring (bicyclic) bond motifs is 1. The molecule has 1 saturated heterocycles. The molecule has 1 aliphatic heterocycles. The number of piperidine rings is 1. The summed E-state index contributed by atoms with van der Waals surface area (Å²) in [5, 5.41) is 23.4. The summed E-state index contributed by atoms with van der Waals surface area (Å²) in [4.78, 5) is 20.3. The molecule has 0 radical (unpaired) electrons. The molecule has 2 heterocycles. The van der Waals surface area contributed by atoms with Gasteiger partial charge < -0.3 is 20.7 Å². The highest BCUT2D eigenvalue weighted by Gasteiger charge is 2.30. The number of urea groups is 1. The molecule has 248 valence electrons. The second-order valence-electron chi connectivity index (χ2n) is 13.8. The Hall–Kier alpha value is -4.70. The Morgan fingerprint density at radius 2 is 1.77 bits per heavy atom. The highest BCUT2D eigenvalue weighted by Crippen LogP contribution is 2.38. The third kappa shape index (κ3) is 8.56. The van der Waals surface area contributed by atoms with Gasteiger partial charge >= 0.3 is 6.03 Å². The largest absolute Gasteiger partial charge is 0.484 e. The van der Waals surface area contributed by atoms with Crippen LogP contribution in [0.3, 0.4) is 0 Å². The molecule has 0 bridgehead atoms. The van der Waals surface area contributed by atoms with Gasteiger partial charge in [-0.2, -0.15) is 0 Å². The number of hydrogen-bond donors (Lipinski definition) is 5. The van der Waals surface area contributed by atoms with Crippen LogP contribution in [-0.4, -0.2) is 47.3 Å². The van der Waals surface area contributed by atoms with E-state index in [1.807, 2.05) is 76.2 Å². The smallest absolute Gasteiger partial charge is 0.320 e. The molecule has 2 amide bonds. The number of hydrogen-bond acceptors (Lipinski definition) is 7. The summed E-state index contributed by atoms with van der Waals surface area (Å²) in [5.41, 5.74) is 10.8. The standard InChI is InChI=1S/C37H48N8O2/c1-24-12-14-26(15-13-24)41-34(21-32(38)37(2,3)4)43-36(46)42-30-17-18-31(29-11-7-6-10-28(29)30)47-27-16-19-33(39)45(23-27)35(40)25-9-8-20-44(5)22-25/h6-7,10-16,19,21,23,25,30-31,39-40H,8-9,17-18,20,22,38H2,1-5H3,(H2,41,42,43,46)/b32-21-,39-33?,40-35?/t25-,30-,31+/m0/s1. The lowest BCUT2D eigenvalue weighted by molar-refractivity contribution is 0.171. The lowest BCUT2D eigenvalue weighted by Crippen LogP contribution is -2.42. The molecule has 6 N–H and O–H groups in total. The van der Waals surface area contributed by atoms with Crippen LogP contribution in [0.5, 0.6) is 5.75 Å². The number of nitrogens with zero attached hydrogens (tertiary/aromatic N) is 3. The van der Waals surface area contributed by atoms with Gasteiger partial charge in [0.1, 0.15) is 29.0 Å². The van der Waals surface area contributed by atoms with E-state index in [1.54, 1.807) is 29.0 Å². The molecule has 1 aliphatic carbocycles. The molecule has 0 spiro atoms. The van der Waals surface area contributed by atoms with Gasteiger partial charge in [-0.15, -0.1) is 0 Å². The van der Waals surface area contributed by atoms with Gasteiger partial charge in [0.05, 0.1) is 17.9 Å². The first kappa shape index (κ1) is 33.7. The first-order valence-electron chi connectivity index (χ1n) is 16.4. The summed E-state index contributed by atoms with van der Waals surface area (Å²) >= 11 is 0. The molecular weight excluding hydrogens is 588 g/mol. The number of aliphatic imine (C=N–C) groups is 1. The fraction of sp³-hybridized carbons (Fsp3) is 0.405. The molecule has 2 aromatic carbocycles. The molecule has 3 aromatic rings. The normalized spacial score (nSPS) is 20.7. The molecule has 10 nitrogen and oxygen atoms in total. The van der Waals surface area contributed by atoms with Crippen molar-refractivity contribution in [2.24, 2.45) is 22.1 Å². The number of likely N-dealkylation sites (tertiary alicyclic amines) is 1. The van der Waals surface area contributed by atoms with Crippen LogP contribution in [0.25, 0.3) is 0 Å². The number of carbonyl (C=O) groups excluding carboxylic acids is 1. The molecule has 1 fully saturated rings. The maximum Gasteiger partial charge on any atom is 0.320 e. The number of allylic oxidation sites excluding steroid dienone is 1. The van der Waals surface area contributed by atoms with E-state index in [2.05, 4.69) is 27.6 Å². The Balaban J connectivity index is 1.31. The van der Waals surface area contributed by atoms with E-state index in [1.165, 1.54) is 0 Å². The van der Waals surface area contributed by atoms with Gasteiger partial charge in [-0.1, -0.05) is 62.7 Å². The van der Waals surface area contributed by atoms with Crippen molar-refractivity contribution in [3.8, 4) is 5.75 Å². The van der Waals surface area contributed by atoms with Gasteiger partial charge in [0.2, 0.25) is 0 Å². The van der Waals surface area contributed by atoms with E-state index in [0.717, 1.165) is 42.6 Å². The zero-order valence-corrected chi connectivity index (χ0v) is 28.1. The summed E-state index contributed by atoms with van der Waals surface area (Å²) in [7, 11) is 2.08. The number of amidine groups is 1. The molecule has 5 rings (SSSR count). The summed E-state index contributed by atoms with van der Waals surface area (Å²) in [6.07, 6.45) is 6.59.